The van der Waals surface area contributed by atoms with Gasteiger partial charge >= 0.3 is 6.18 Å². The fraction of sp³-hybridized carbons (Fsp3) is 0.300. The summed E-state index contributed by atoms with van der Waals surface area (Å²) >= 11 is 0. The molecule has 82 valence electrons. The molecule has 0 saturated carbocycles. The predicted molar refractivity (Wildman–Crippen MR) is 48.1 cm³/mol. The van der Waals surface area contributed by atoms with E-state index >= 15 is 0 Å². The quantitative estimate of drug-likeness (QED) is 0.713. The predicted octanol–water partition coefficient (Wildman–Crippen LogP) is 2.75. The smallest absolute Gasteiger partial charge is 0.454 e. The van der Waals surface area contributed by atoms with Crippen LogP contribution >= 0.6 is 0 Å². The van der Waals surface area contributed by atoms with Crippen LogP contribution in [0.15, 0.2) is 18.2 Å². The molecule has 0 N–H and O–H groups in total. The summed E-state index contributed by atoms with van der Waals surface area (Å²) in [4.78, 5) is 10.9. The highest BCUT2D eigenvalue weighted by Gasteiger charge is 2.39. The van der Waals surface area contributed by atoms with Gasteiger partial charge in [0.15, 0.2) is 0 Å². The zero-order valence-electron chi connectivity index (χ0n) is 8.18. The van der Waals surface area contributed by atoms with Gasteiger partial charge in [-0.1, -0.05) is 12.1 Å². The molecular formula is C10H9F3O2. The molecule has 1 aromatic carbocycles. The molecule has 0 aliphatic carbocycles. The molecule has 0 bridgehead atoms. The van der Waals surface area contributed by atoms with Gasteiger partial charge in [0, 0.05) is 5.56 Å². The van der Waals surface area contributed by atoms with Gasteiger partial charge in [-0.15, -0.1) is 0 Å². The van der Waals surface area contributed by atoms with Crippen molar-refractivity contribution in [2.24, 2.45) is 0 Å². The first-order valence-corrected chi connectivity index (χ1v) is 4.12. The molecule has 0 fully saturated rings. The molecule has 0 aliphatic rings. The molecule has 0 spiro atoms. The van der Waals surface area contributed by atoms with Crippen LogP contribution in [0.5, 0.6) is 5.75 Å². The summed E-state index contributed by atoms with van der Waals surface area (Å²) < 4.78 is 41.1. The number of hydrogen-bond donors (Lipinski definition) is 0. The van der Waals surface area contributed by atoms with Crippen molar-refractivity contribution in [2.75, 3.05) is 7.11 Å². The van der Waals surface area contributed by atoms with E-state index in [0.29, 0.717) is 5.56 Å². The van der Waals surface area contributed by atoms with Crippen LogP contribution in [-0.4, -0.2) is 19.1 Å². The van der Waals surface area contributed by atoms with Gasteiger partial charge in [-0.2, -0.15) is 13.2 Å². The third-order valence-corrected chi connectivity index (χ3v) is 1.93. The van der Waals surface area contributed by atoms with Gasteiger partial charge in [-0.3, -0.25) is 4.79 Å². The van der Waals surface area contributed by atoms with Gasteiger partial charge < -0.3 is 4.74 Å². The van der Waals surface area contributed by atoms with E-state index < -0.39 is 17.5 Å². The van der Waals surface area contributed by atoms with Gasteiger partial charge in [0.2, 0.25) is 0 Å². The summed E-state index contributed by atoms with van der Waals surface area (Å²) in [6.07, 6.45) is -4.85. The summed E-state index contributed by atoms with van der Waals surface area (Å²) in [6, 6.07) is 3.64. The average molecular weight is 218 g/mol. The van der Waals surface area contributed by atoms with E-state index in [4.69, 9.17) is 4.74 Å². The van der Waals surface area contributed by atoms with Crippen LogP contribution in [0.3, 0.4) is 0 Å². The molecule has 15 heavy (non-hydrogen) atoms. The summed E-state index contributed by atoms with van der Waals surface area (Å²) in [6.45, 7) is 1.68. The Balaban J connectivity index is 3.12. The van der Waals surface area contributed by atoms with E-state index in [2.05, 4.69) is 0 Å². The molecule has 5 heteroatoms. The molecule has 0 heterocycles. The Morgan fingerprint density at radius 1 is 1.33 bits per heavy atom. The van der Waals surface area contributed by atoms with Crippen molar-refractivity contribution in [3.8, 4) is 5.75 Å². The number of carbonyl (C=O) groups is 1. The second-order valence-corrected chi connectivity index (χ2v) is 3.01. The lowest BCUT2D eigenvalue weighted by Crippen LogP contribution is -2.22. The van der Waals surface area contributed by atoms with Crippen molar-refractivity contribution >= 4 is 5.78 Å². The van der Waals surface area contributed by atoms with Gasteiger partial charge in [0.25, 0.3) is 5.78 Å². The lowest BCUT2D eigenvalue weighted by atomic mass is 10.1. The number of ketones is 1. The highest BCUT2D eigenvalue weighted by atomic mass is 19.4. The molecule has 0 unspecified atom stereocenters. The van der Waals surface area contributed by atoms with E-state index in [9.17, 15) is 18.0 Å². The van der Waals surface area contributed by atoms with E-state index in [1.165, 1.54) is 13.2 Å². The van der Waals surface area contributed by atoms with Crippen molar-refractivity contribution in [3.05, 3.63) is 29.3 Å². The summed E-state index contributed by atoms with van der Waals surface area (Å²) in [5.41, 5.74) is 0.265. The number of benzene rings is 1. The molecule has 1 aromatic rings. The number of aryl methyl sites for hydroxylation is 1. The molecule has 1 rings (SSSR count). The zero-order valence-corrected chi connectivity index (χ0v) is 8.18. The SMILES string of the molecule is COc1cc(C(=O)C(F)(F)F)ccc1C. The van der Waals surface area contributed by atoms with Gasteiger partial charge in [0.1, 0.15) is 5.75 Å². The summed E-state index contributed by atoms with van der Waals surface area (Å²) in [5.74, 6) is -1.59. The number of Topliss-reactive ketones (excluding diaryl/α,β-unsaturated/α-hetero) is 1. The molecule has 0 amide bonds. The minimum Gasteiger partial charge on any atom is -0.496 e. The topological polar surface area (TPSA) is 26.3 Å². The molecule has 0 radical (unpaired) electrons. The Hall–Kier alpha value is -1.52. The molecule has 0 aliphatic heterocycles. The van der Waals surface area contributed by atoms with Crippen molar-refractivity contribution in [1.29, 1.82) is 0 Å². The van der Waals surface area contributed by atoms with Crippen molar-refractivity contribution < 1.29 is 22.7 Å². The van der Waals surface area contributed by atoms with E-state index in [1.54, 1.807) is 6.92 Å². The first-order chi connectivity index (χ1) is 6.86. The number of ether oxygens (including phenoxy) is 1. The van der Waals surface area contributed by atoms with Gasteiger partial charge in [-0.25, -0.2) is 0 Å². The summed E-state index contributed by atoms with van der Waals surface area (Å²) in [5, 5.41) is 0. The molecular weight excluding hydrogens is 209 g/mol. The van der Waals surface area contributed by atoms with Crippen LogP contribution in [0, 0.1) is 6.92 Å². The maximum absolute atomic E-state index is 12.1. The maximum atomic E-state index is 12.1. The number of methoxy groups -OCH3 is 1. The van der Waals surface area contributed by atoms with E-state index in [0.717, 1.165) is 12.1 Å². The highest BCUT2D eigenvalue weighted by Crippen LogP contribution is 2.25. The van der Waals surface area contributed by atoms with Crippen molar-refractivity contribution in [1.82, 2.24) is 0 Å². The molecule has 0 aromatic heterocycles. The lowest BCUT2D eigenvalue weighted by molar-refractivity contribution is -0.0885. The third kappa shape index (κ3) is 2.49. The van der Waals surface area contributed by atoms with Crippen LogP contribution in [0.1, 0.15) is 15.9 Å². The normalized spacial score (nSPS) is 11.3. The van der Waals surface area contributed by atoms with Gasteiger partial charge in [-0.05, 0) is 18.6 Å². The second kappa shape index (κ2) is 3.92. The van der Waals surface area contributed by atoms with Crippen LogP contribution in [0.25, 0.3) is 0 Å². The standard InChI is InChI=1S/C10H9F3O2/c1-6-3-4-7(5-8(6)15-2)9(14)10(11,12)13/h3-5H,1-2H3. The number of alkyl halides is 3. The van der Waals surface area contributed by atoms with Crippen molar-refractivity contribution in [3.63, 3.8) is 0 Å². The zero-order chi connectivity index (χ0) is 11.6. The maximum Gasteiger partial charge on any atom is 0.454 e. The Bertz CT molecular complexity index is 383. The van der Waals surface area contributed by atoms with Crippen LogP contribution < -0.4 is 4.74 Å². The average Bonchev–Trinajstić information content (AvgIpc) is 2.16. The minimum absolute atomic E-state index is 0.269. The molecule has 0 atom stereocenters. The first-order valence-electron chi connectivity index (χ1n) is 4.12. The Kier molecular flexibility index (Phi) is 3.02. The lowest BCUT2D eigenvalue weighted by Gasteiger charge is -2.08. The Morgan fingerprint density at radius 3 is 2.40 bits per heavy atom. The number of halogens is 3. The van der Waals surface area contributed by atoms with Crippen molar-refractivity contribution in [2.45, 2.75) is 13.1 Å². The molecule has 2 nitrogen and oxygen atoms in total. The number of carbonyl (C=O) groups excluding carboxylic acids is 1. The largest absolute Gasteiger partial charge is 0.496 e. The van der Waals surface area contributed by atoms with Crippen LogP contribution in [-0.2, 0) is 0 Å². The van der Waals surface area contributed by atoms with Crippen LogP contribution in [0.4, 0.5) is 13.2 Å². The second-order valence-electron chi connectivity index (χ2n) is 3.01. The Labute approximate surface area is 84.7 Å². The van der Waals surface area contributed by atoms with E-state index in [-0.39, 0.29) is 5.75 Å². The third-order valence-electron chi connectivity index (χ3n) is 1.93. The van der Waals surface area contributed by atoms with E-state index in [1.807, 2.05) is 0 Å². The highest BCUT2D eigenvalue weighted by molar-refractivity contribution is 6.00. The molecule has 0 saturated heterocycles. The fourth-order valence-electron chi connectivity index (χ4n) is 1.12. The monoisotopic (exact) mass is 218 g/mol. The Morgan fingerprint density at radius 2 is 1.93 bits per heavy atom. The summed E-state index contributed by atoms with van der Waals surface area (Å²) in [7, 11) is 1.34. The first kappa shape index (κ1) is 11.6. The minimum atomic E-state index is -4.85. The van der Waals surface area contributed by atoms with Gasteiger partial charge in [0.05, 0.1) is 7.11 Å². The number of hydrogen-bond acceptors (Lipinski definition) is 2. The fourth-order valence-corrected chi connectivity index (χ4v) is 1.12. The van der Waals surface area contributed by atoms with Crippen LogP contribution in [0.2, 0.25) is 0 Å². The number of rotatable bonds is 2.